The summed E-state index contributed by atoms with van der Waals surface area (Å²) >= 11 is -0.715. The minimum atomic E-state index is -0.715. The van der Waals surface area contributed by atoms with Crippen LogP contribution >= 0.6 is 0 Å². The molecule has 0 amide bonds. The third kappa shape index (κ3) is 5.81. The first-order valence-electron chi connectivity index (χ1n) is 25.5. The zero-order valence-electron chi connectivity index (χ0n) is 40.8. The van der Waals surface area contributed by atoms with Crippen LogP contribution in [0.3, 0.4) is 0 Å². The summed E-state index contributed by atoms with van der Waals surface area (Å²) in [6, 6.07) is 5.92. The van der Waals surface area contributed by atoms with Crippen LogP contribution in [0.15, 0.2) is 12.1 Å². The van der Waals surface area contributed by atoms with Gasteiger partial charge in [-0.3, -0.25) is 0 Å². The zero-order valence-corrected chi connectivity index (χ0v) is 42.9. The summed E-state index contributed by atoms with van der Waals surface area (Å²) < 4.78 is 3.99. The van der Waals surface area contributed by atoms with Crippen LogP contribution in [0.5, 0.6) is 0 Å². The Morgan fingerprint density at radius 3 is 0.579 bits per heavy atom. The number of benzene rings is 2. The van der Waals surface area contributed by atoms with Crippen molar-refractivity contribution in [2.24, 2.45) is 0 Å². The Balaban J connectivity index is 1.92. The molecule has 4 aliphatic carbocycles. The molecule has 2 aromatic carbocycles. The monoisotopic (exact) mass is 837 g/mol. The summed E-state index contributed by atoms with van der Waals surface area (Å²) in [5.74, 6) is 0. The Kier molecular flexibility index (Phi) is 12.8. The molecule has 0 aromatic heterocycles. The van der Waals surface area contributed by atoms with Crippen molar-refractivity contribution in [3.63, 3.8) is 0 Å². The number of hydrogen-bond acceptors (Lipinski definition) is 0. The number of hydrogen-bond donors (Lipinski definition) is 0. The summed E-state index contributed by atoms with van der Waals surface area (Å²) in [6.07, 6.45) is 25.9. The van der Waals surface area contributed by atoms with Crippen molar-refractivity contribution in [1.82, 2.24) is 0 Å². The predicted molar refractivity (Wildman–Crippen MR) is 254 cm³/mol. The molecule has 0 spiro atoms. The second-order valence-electron chi connectivity index (χ2n) is 20.9. The van der Waals surface area contributed by atoms with E-state index in [1.165, 1.54) is 128 Å². The van der Waals surface area contributed by atoms with Crippen molar-refractivity contribution >= 4 is 24.2 Å². The fraction of sp³-hybridized carbons (Fsp3) is 0.786. The molecular formula is C56H90Ge. The third-order valence-electron chi connectivity index (χ3n) is 20.8. The second kappa shape index (κ2) is 16.0. The van der Waals surface area contributed by atoms with Gasteiger partial charge >= 0.3 is 363 Å². The quantitative estimate of drug-likeness (QED) is 0.131. The van der Waals surface area contributed by atoms with E-state index < -0.39 is 15.4 Å². The van der Waals surface area contributed by atoms with Crippen LogP contribution in [-0.2, 0) is 43.3 Å². The van der Waals surface area contributed by atoms with Crippen molar-refractivity contribution in [3.05, 3.63) is 56.6 Å². The standard InChI is InChI=1S/C56H90Ge/c1-17-49(18-2)35-53(25-9,26-10)43-39(49)33-40-44(54(27-11,28-12)36-50(40,19-3)20-4)47(43)57-48-45-41(51(21-5,22-6)37-55(45,29-13)30-14)34-42-46(48)56(31-15,32-16)38-52(42,23-7)24-8/h33-34H,17-32,35-38H2,1-16H3. The van der Waals surface area contributed by atoms with E-state index in [1.54, 1.807) is 0 Å². The van der Waals surface area contributed by atoms with E-state index in [4.69, 9.17) is 0 Å². The molecule has 0 bridgehead atoms. The summed E-state index contributed by atoms with van der Waals surface area (Å²) in [4.78, 5) is 0. The molecule has 4 aliphatic rings. The van der Waals surface area contributed by atoms with Crippen LogP contribution in [0.2, 0.25) is 0 Å². The Bertz CT molecular complexity index is 1500. The molecule has 0 unspecified atom stereocenters. The molecule has 57 heavy (non-hydrogen) atoms. The van der Waals surface area contributed by atoms with Crippen LogP contribution in [0.4, 0.5) is 0 Å². The van der Waals surface area contributed by atoms with Gasteiger partial charge in [0.15, 0.2) is 0 Å². The SMILES string of the molecule is CCC1(CC)CC(CC)(CC)c2c1cc1c([c]2[Ge][c]2c3c(cc4c2C(CC)(CC)CC4(CC)CC)C(CC)(CC)CC3(CC)CC)C(CC)(CC)CC1(CC)CC. The van der Waals surface area contributed by atoms with Crippen LogP contribution < -0.4 is 8.79 Å². The van der Waals surface area contributed by atoms with Crippen molar-refractivity contribution in [2.45, 2.75) is 283 Å². The van der Waals surface area contributed by atoms with Crippen molar-refractivity contribution in [3.8, 4) is 0 Å². The Morgan fingerprint density at radius 2 is 0.439 bits per heavy atom. The molecule has 318 valence electrons. The third-order valence-corrected chi connectivity index (χ3v) is 24.0. The van der Waals surface area contributed by atoms with Crippen LogP contribution in [0.1, 0.15) is 284 Å². The van der Waals surface area contributed by atoms with E-state index in [-0.39, 0.29) is 21.7 Å². The molecule has 0 saturated heterocycles. The van der Waals surface area contributed by atoms with E-state index in [9.17, 15) is 0 Å². The molecule has 0 fully saturated rings. The average Bonchev–Trinajstić information content (AvgIpc) is 3.94. The van der Waals surface area contributed by atoms with E-state index in [0.29, 0.717) is 21.7 Å². The maximum absolute atomic E-state index is 2.96. The van der Waals surface area contributed by atoms with Crippen LogP contribution in [0, 0.1) is 0 Å². The average molecular weight is 836 g/mol. The van der Waals surface area contributed by atoms with Gasteiger partial charge in [-0.05, 0) is 0 Å². The number of fused-ring (bicyclic) bond motifs is 4. The molecule has 2 aromatic rings. The van der Waals surface area contributed by atoms with E-state index in [2.05, 4.69) is 123 Å². The molecule has 1 heteroatoms. The number of rotatable bonds is 18. The molecule has 0 nitrogen and oxygen atoms in total. The predicted octanol–water partition coefficient (Wildman–Crippen LogP) is 15.4. The van der Waals surface area contributed by atoms with Gasteiger partial charge in [0.25, 0.3) is 0 Å². The Morgan fingerprint density at radius 1 is 0.281 bits per heavy atom. The first-order valence-corrected chi connectivity index (χ1v) is 27.6. The van der Waals surface area contributed by atoms with Gasteiger partial charge in [0.2, 0.25) is 0 Å². The first kappa shape index (κ1) is 45.5. The molecule has 0 N–H and O–H groups in total. The first-order chi connectivity index (χ1) is 27.2. The normalized spacial score (nSPS) is 23.0. The maximum atomic E-state index is 2.96. The second-order valence-corrected chi connectivity index (χ2v) is 23.5. The van der Waals surface area contributed by atoms with Gasteiger partial charge in [-0.25, -0.2) is 0 Å². The van der Waals surface area contributed by atoms with E-state index in [0.717, 1.165) is 0 Å². The topological polar surface area (TPSA) is 0 Å². The van der Waals surface area contributed by atoms with Gasteiger partial charge in [-0.1, -0.05) is 0 Å². The molecule has 0 atom stereocenters. The zero-order chi connectivity index (χ0) is 42.0. The van der Waals surface area contributed by atoms with Crippen molar-refractivity contribution in [1.29, 1.82) is 0 Å². The molecule has 0 aliphatic heterocycles. The minimum absolute atomic E-state index is 0.277. The van der Waals surface area contributed by atoms with Crippen molar-refractivity contribution < 1.29 is 0 Å². The van der Waals surface area contributed by atoms with Gasteiger partial charge in [0.1, 0.15) is 0 Å². The van der Waals surface area contributed by atoms with Gasteiger partial charge < -0.3 is 0 Å². The summed E-state index contributed by atoms with van der Waals surface area (Å²) in [6.45, 7) is 41.2. The molecular weight excluding hydrogens is 745 g/mol. The van der Waals surface area contributed by atoms with Crippen LogP contribution in [0.25, 0.3) is 0 Å². The Hall–Kier alpha value is -1.02. The van der Waals surface area contributed by atoms with Gasteiger partial charge in [0.05, 0.1) is 0 Å². The molecule has 6 rings (SSSR count). The van der Waals surface area contributed by atoms with Gasteiger partial charge in [0, 0.05) is 0 Å². The summed E-state index contributed by atoms with van der Waals surface area (Å²) in [7, 11) is 0. The van der Waals surface area contributed by atoms with Crippen LogP contribution in [-0.4, -0.2) is 15.4 Å². The van der Waals surface area contributed by atoms with E-state index in [1.807, 2.05) is 53.3 Å². The van der Waals surface area contributed by atoms with Gasteiger partial charge in [-0.15, -0.1) is 0 Å². The molecule has 0 heterocycles. The molecule has 2 radical (unpaired) electrons. The van der Waals surface area contributed by atoms with Crippen molar-refractivity contribution in [2.75, 3.05) is 0 Å². The van der Waals surface area contributed by atoms with Gasteiger partial charge in [-0.2, -0.15) is 0 Å². The van der Waals surface area contributed by atoms with E-state index >= 15 is 0 Å². The summed E-state index contributed by atoms with van der Waals surface area (Å²) in [5.41, 5.74) is 17.4. The summed E-state index contributed by atoms with van der Waals surface area (Å²) in [5, 5.41) is 0. The molecule has 0 saturated carbocycles. The fourth-order valence-corrected chi connectivity index (χ4v) is 20.8. The Labute approximate surface area is 361 Å². The fourth-order valence-electron chi connectivity index (χ4n) is 15.9.